The minimum atomic E-state index is -3.62. The Kier molecular flexibility index (Phi) is 6.06. The van der Waals surface area contributed by atoms with E-state index in [0.29, 0.717) is 12.1 Å². The Hall–Kier alpha value is -2.51. The smallest absolute Gasteiger partial charge is 0.189 e. The fourth-order valence-corrected chi connectivity index (χ4v) is 2.73. The summed E-state index contributed by atoms with van der Waals surface area (Å²) < 4.78 is 25.6. The van der Waals surface area contributed by atoms with Gasteiger partial charge in [0, 0.05) is 27.6 Å². The van der Waals surface area contributed by atoms with Crippen molar-refractivity contribution in [3.8, 4) is 11.1 Å². The Morgan fingerprint density at radius 3 is 2.08 bits per heavy atom. The second-order valence-corrected chi connectivity index (χ2v) is 7.87. The molecule has 0 spiro atoms. The molecule has 2 aromatic rings. The number of benzene rings is 2. The highest BCUT2D eigenvalue weighted by atomic mass is 32.2. The molecule has 7 heteroatoms. The second-order valence-electron chi connectivity index (χ2n) is 5.72. The van der Waals surface area contributed by atoms with Crippen LogP contribution in [-0.4, -0.2) is 38.3 Å². The Bertz CT molecular complexity index is 844. The molecule has 0 saturated heterocycles. The molecule has 0 aliphatic heterocycles. The summed E-state index contributed by atoms with van der Waals surface area (Å²) in [6.45, 7) is 3.83. The van der Waals surface area contributed by atoms with Crippen LogP contribution in [0.2, 0.25) is 0 Å². The first-order valence-corrected chi connectivity index (χ1v) is 9.10. The number of nitrogens with zero attached hydrogens (tertiary/aromatic N) is 4. The first kappa shape index (κ1) is 18.8. The lowest BCUT2D eigenvalue weighted by molar-refractivity contribution is 0.415. The Morgan fingerprint density at radius 1 is 0.960 bits per heavy atom. The van der Waals surface area contributed by atoms with Gasteiger partial charge in [0.1, 0.15) is 0 Å². The van der Waals surface area contributed by atoms with Gasteiger partial charge in [-0.1, -0.05) is 66.4 Å². The molecule has 0 saturated carbocycles. The number of hydrogen-bond acceptors (Lipinski definition) is 4. The average molecular weight is 358 g/mol. The number of rotatable bonds is 7. The van der Waals surface area contributed by atoms with Gasteiger partial charge in [-0.15, -0.1) is 5.11 Å². The van der Waals surface area contributed by atoms with Crippen molar-refractivity contribution in [2.24, 2.45) is 10.3 Å². The van der Waals surface area contributed by atoms with Crippen molar-refractivity contribution in [1.82, 2.24) is 8.72 Å². The Balaban J connectivity index is 2.00. The second kappa shape index (κ2) is 8.04. The first-order chi connectivity index (χ1) is 11.8. The van der Waals surface area contributed by atoms with Gasteiger partial charge in [0.2, 0.25) is 0 Å². The molecule has 2 rings (SSSR count). The van der Waals surface area contributed by atoms with E-state index in [1.807, 2.05) is 42.5 Å². The summed E-state index contributed by atoms with van der Waals surface area (Å²) >= 11 is 0. The summed E-state index contributed by atoms with van der Waals surface area (Å²) in [5.41, 5.74) is 3.80. The Labute approximate surface area is 149 Å². The largest absolute Gasteiger partial charge is 0.319 e. The molecule has 0 bridgehead atoms. The maximum absolute atomic E-state index is 11.8. The van der Waals surface area contributed by atoms with Crippen LogP contribution in [0.25, 0.3) is 11.1 Å². The third kappa shape index (κ3) is 4.98. The van der Waals surface area contributed by atoms with E-state index in [1.54, 1.807) is 0 Å². The zero-order valence-corrected chi connectivity index (χ0v) is 15.4. The lowest BCUT2D eigenvalue weighted by Gasteiger charge is -2.17. The van der Waals surface area contributed by atoms with E-state index >= 15 is 0 Å². The van der Waals surface area contributed by atoms with Crippen LogP contribution in [0.4, 0.5) is 0 Å². The van der Waals surface area contributed by atoms with Gasteiger partial charge in [-0.05, 0) is 16.7 Å². The van der Waals surface area contributed by atoms with Crippen molar-refractivity contribution in [2.45, 2.75) is 6.42 Å². The third-order valence-electron chi connectivity index (χ3n) is 3.58. The highest BCUT2D eigenvalue weighted by Gasteiger charge is 2.18. The molecule has 2 aromatic carbocycles. The minimum absolute atomic E-state index is 0.480. The maximum Gasteiger partial charge on any atom is 0.319 e. The molecule has 0 radical (unpaired) electrons. The predicted molar refractivity (Wildman–Crippen MR) is 99.9 cm³/mol. The SMILES string of the molecule is C=C(Cc1ccc(-c2ccccc2)cc1)N=NN(C)S(=O)(=O)N(C)C. The molecule has 0 fully saturated rings. The zero-order valence-electron chi connectivity index (χ0n) is 14.6. The van der Waals surface area contributed by atoms with E-state index in [2.05, 4.69) is 29.0 Å². The molecule has 0 unspecified atom stereocenters. The lowest BCUT2D eigenvalue weighted by Crippen LogP contribution is -2.33. The molecule has 0 amide bonds. The van der Waals surface area contributed by atoms with Crippen LogP contribution >= 0.6 is 0 Å². The summed E-state index contributed by atoms with van der Waals surface area (Å²) in [6, 6.07) is 18.2. The van der Waals surface area contributed by atoms with Crippen LogP contribution in [0.15, 0.2) is 77.2 Å². The standard InChI is InChI=1S/C18H22N4O2S/c1-15(19-20-22(4)25(23,24)21(2)3)14-16-10-12-18(13-11-16)17-8-6-5-7-9-17/h5-13H,1,14H2,2-4H3. The first-order valence-electron chi connectivity index (χ1n) is 7.71. The Morgan fingerprint density at radius 2 is 1.52 bits per heavy atom. The number of allylic oxidation sites excluding steroid dienone is 1. The van der Waals surface area contributed by atoms with Crippen LogP contribution < -0.4 is 0 Å². The molecule has 0 atom stereocenters. The van der Waals surface area contributed by atoms with Crippen LogP contribution in [0, 0.1) is 0 Å². The van der Waals surface area contributed by atoms with Crippen molar-refractivity contribution in [1.29, 1.82) is 0 Å². The van der Waals surface area contributed by atoms with Gasteiger partial charge in [0.25, 0.3) is 0 Å². The van der Waals surface area contributed by atoms with Crippen molar-refractivity contribution in [2.75, 3.05) is 21.1 Å². The molecular weight excluding hydrogens is 336 g/mol. The van der Waals surface area contributed by atoms with Gasteiger partial charge in [0.15, 0.2) is 0 Å². The third-order valence-corrected chi connectivity index (χ3v) is 5.24. The fraction of sp³-hybridized carbons (Fsp3) is 0.222. The van der Waals surface area contributed by atoms with Gasteiger partial charge in [-0.2, -0.15) is 17.1 Å². The lowest BCUT2D eigenvalue weighted by atomic mass is 10.0. The van der Waals surface area contributed by atoms with Gasteiger partial charge in [-0.25, -0.2) is 0 Å². The fourth-order valence-electron chi connectivity index (χ4n) is 2.13. The van der Waals surface area contributed by atoms with E-state index in [-0.39, 0.29) is 0 Å². The van der Waals surface area contributed by atoms with E-state index in [4.69, 9.17) is 0 Å². The van der Waals surface area contributed by atoms with E-state index < -0.39 is 10.2 Å². The predicted octanol–water partition coefficient (Wildman–Crippen LogP) is 3.52. The van der Waals surface area contributed by atoms with Crippen LogP contribution in [-0.2, 0) is 16.6 Å². The highest BCUT2D eigenvalue weighted by molar-refractivity contribution is 7.86. The normalized spacial score (nSPS) is 11.8. The van der Waals surface area contributed by atoms with Gasteiger partial charge in [-0.3, -0.25) is 0 Å². The minimum Gasteiger partial charge on any atom is -0.189 e. The van der Waals surface area contributed by atoms with E-state index in [0.717, 1.165) is 25.4 Å². The van der Waals surface area contributed by atoms with Crippen molar-refractivity contribution < 1.29 is 8.42 Å². The molecule has 0 heterocycles. The maximum atomic E-state index is 11.8. The monoisotopic (exact) mass is 358 g/mol. The van der Waals surface area contributed by atoms with Crippen molar-refractivity contribution in [3.63, 3.8) is 0 Å². The van der Waals surface area contributed by atoms with E-state index in [9.17, 15) is 8.42 Å². The molecule has 132 valence electrons. The summed E-state index contributed by atoms with van der Waals surface area (Å²) in [6.07, 6.45) is 0.494. The van der Waals surface area contributed by atoms with Crippen LogP contribution in [0.3, 0.4) is 0 Å². The summed E-state index contributed by atoms with van der Waals surface area (Å²) in [5.74, 6) is 0. The molecule has 0 aromatic heterocycles. The summed E-state index contributed by atoms with van der Waals surface area (Å²) in [5, 5.41) is 7.61. The van der Waals surface area contributed by atoms with Gasteiger partial charge in [0.05, 0.1) is 5.70 Å². The summed E-state index contributed by atoms with van der Waals surface area (Å²) in [7, 11) is 0.588. The molecule has 0 aliphatic carbocycles. The van der Waals surface area contributed by atoms with Gasteiger partial charge >= 0.3 is 10.2 Å². The molecule has 25 heavy (non-hydrogen) atoms. The molecule has 6 nitrogen and oxygen atoms in total. The zero-order chi connectivity index (χ0) is 18.4. The van der Waals surface area contributed by atoms with Crippen molar-refractivity contribution in [3.05, 3.63) is 72.4 Å². The van der Waals surface area contributed by atoms with Crippen LogP contribution in [0.1, 0.15) is 5.56 Å². The molecular formula is C18H22N4O2S. The van der Waals surface area contributed by atoms with Crippen LogP contribution in [0.5, 0.6) is 0 Å². The molecule has 0 aliphatic rings. The van der Waals surface area contributed by atoms with Gasteiger partial charge < -0.3 is 0 Å². The summed E-state index contributed by atoms with van der Waals surface area (Å²) in [4.78, 5) is 0. The molecule has 0 N–H and O–H groups in total. The number of hydrogen-bond donors (Lipinski definition) is 0. The topological polar surface area (TPSA) is 65.3 Å². The average Bonchev–Trinajstić information content (AvgIpc) is 2.61. The quantitative estimate of drug-likeness (QED) is 0.561. The van der Waals surface area contributed by atoms with Crippen molar-refractivity contribution >= 4 is 10.2 Å². The highest BCUT2D eigenvalue weighted by Crippen LogP contribution is 2.20. The van der Waals surface area contributed by atoms with E-state index in [1.165, 1.54) is 21.1 Å².